The van der Waals surface area contributed by atoms with Gasteiger partial charge in [-0.05, 0) is 85.7 Å². The van der Waals surface area contributed by atoms with Crippen molar-refractivity contribution in [1.29, 1.82) is 0 Å². The van der Waals surface area contributed by atoms with Crippen molar-refractivity contribution in [2.24, 2.45) is 17.8 Å². The number of amides is 4. The van der Waals surface area contributed by atoms with E-state index in [1.165, 1.54) is 32.6 Å². The quantitative estimate of drug-likeness (QED) is 0.198. The number of rotatable bonds is 11. The van der Waals surface area contributed by atoms with Crippen LogP contribution in [-0.2, 0) is 27.2 Å². The number of pyridine rings is 1. The minimum Gasteiger partial charge on any atom is -0.493 e. The summed E-state index contributed by atoms with van der Waals surface area (Å²) in [5.74, 6) is -0.786. The van der Waals surface area contributed by atoms with Crippen LogP contribution >= 0.6 is 11.6 Å². The van der Waals surface area contributed by atoms with E-state index >= 15 is 0 Å². The molecule has 4 heterocycles. The van der Waals surface area contributed by atoms with Gasteiger partial charge in [-0.2, -0.15) is 0 Å². The summed E-state index contributed by atoms with van der Waals surface area (Å²) in [7, 11) is 3.03. The number of likely N-dealkylation sites (tertiary alicyclic amines) is 2. The van der Waals surface area contributed by atoms with Crippen molar-refractivity contribution < 1.29 is 28.7 Å². The van der Waals surface area contributed by atoms with E-state index in [1.807, 2.05) is 38.4 Å². The number of carbonyl (C=O) groups is 4. The number of ether oxygens (including phenoxy) is 2. The zero-order valence-corrected chi connectivity index (χ0v) is 31.7. The third kappa shape index (κ3) is 9.87. The van der Waals surface area contributed by atoms with Crippen molar-refractivity contribution in [3.05, 3.63) is 88.8 Å². The molecule has 3 atom stereocenters. The molecule has 2 aliphatic heterocycles. The van der Waals surface area contributed by atoms with E-state index in [1.54, 1.807) is 40.3 Å². The van der Waals surface area contributed by atoms with Crippen LogP contribution in [0.1, 0.15) is 48.7 Å². The number of benzene rings is 2. The average Bonchev–Trinajstić information content (AvgIpc) is 3.77. The molecule has 4 aromatic rings. The topological polar surface area (TPSA) is 146 Å². The van der Waals surface area contributed by atoms with Crippen LogP contribution in [0.5, 0.6) is 11.5 Å². The standard InChI is InChI=1S/C32H38ClN5O6.C8H11N/c1-18(2)44-27-8-5-19(9-28(27)43-4)32(42)38-15-21-14-37(17-25(24(21)16-38)31(41)36-13-29(39)34-3)30(40)10-20-12-35-26-11-22(33)6-7-23(20)26;1-2-3-8-4-6-9-7-5-8/h5-9,11-12,18,21,24-25,35H,10,13-17H2,1-4H3,(H,34,39)(H,36,41);4-7H,2-3H2,1H3. The summed E-state index contributed by atoms with van der Waals surface area (Å²) < 4.78 is 11.3. The van der Waals surface area contributed by atoms with Crippen LogP contribution in [0, 0.1) is 17.8 Å². The molecule has 12 nitrogen and oxygen atoms in total. The lowest BCUT2D eigenvalue weighted by atomic mass is 9.79. The number of hydrogen-bond donors (Lipinski definition) is 3. The molecule has 3 N–H and O–H groups in total. The molecule has 2 aliphatic rings. The molecular formula is C40H49ClN6O6. The number of aryl methyl sites for hydroxylation is 1. The van der Waals surface area contributed by atoms with Crippen LogP contribution in [0.2, 0.25) is 5.02 Å². The van der Waals surface area contributed by atoms with Gasteiger partial charge in [0.25, 0.3) is 5.91 Å². The number of methoxy groups -OCH3 is 1. The van der Waals surface area contributed by atoms with E-state index in [4.69, 9.17) is 21.1 Å². The SMILES string of the molecule is CCCc1ccncc1.CNC(=O)CNC(=O)C1CN(C(=O)Cc2c[nH]c3cc(Cl)ccc23)CC2CN(C(=O)c3ccc(OC(C)C)c(OC)c3)CC21. The molecular weight excluding hydrogens is 696 g/mol. The zero-order chi connectivity index (χ0) is 38.1. The number of hydrogen-bond acceptors (Lipinski definition) is 7. The van der Waals surface area contributed by atoms with Gasteiger partial charge in [0.05, 0.1) is 32.1 Å². The number of nitrogens with one attached hydrogen (secondary N) is 3. The lowest BCUT2D eigenvalue weighted by molar-refractivity contribution is -0.139. The predicted molar refractivity (Wildman–Crippen MR) is 204 cm³/mol. The van der Waals surface area contributed by atoms with Gasteiger partial charge in [0, 0.05) is 73.3 Å². The summed E-state index contributed by atoms with van der Waals surface area (Å²) in [5.41, 5.74) is 3.51. The van der Waals surface area contributed by atoms with Crippen molar-refractivity contribution in [3.63, 3.8) is 0 Å². The van der Waals surface area contributed by atoms with Crippen molar-refractivity contribution in [3.8, 4) is 11.5 Å². The molecule has 0 spiro atoms. The van der Waals surface area contributed by atoms with Crippen molar-refractivity contribution >= 4 is 46.1 Å². The molecule has 2 fully saturated rings. The van der Waals surface area contributed by atoms with Crippen molar-refractivity contribution in [2.45, 2.75) is 46.1 Å². The lowest BCUT2D eigenvalue weighted by Crippen LogP contribution is -2.54. The van der Waals surface area contributed by atoms with E-state index in [2.05, 4.69) is 39.7 Å². The second kappa shape index (κ2) is 18.1. The molecule has 53 heavy (non-hydrogen) atoms. The Morgan fingerprint density at radius 2 is 1.74 bits per heavy atom. The highest BCUT2D eigenvalue weighted by molar-refractivity contribution is 6.31. The molecule has 2 saturated heterocycles. The van der Waals surface area contributed by atoms with Crippen molar-refractivity contribution in [1.82, 2.24) is 30.4 Å². The Hall–Kier alpha value is -5.10. The third-order valence-corrected chi connectivity index (χ3v) is 9.93. The molecule has 0 aliphatic carbocycles. The van der Waals surface area contributed by atoms with Crippen molar-refractivity contribution in [2.75, 3.05) is 46.9 Å². The van der Waals surface area contributed by atoms with Gasteiger partial charge < -0.3 is 34.9 Å². The van der Waals surface area contributed by atoms with Gasteiger partial charge >= 0.3 is 0 Å². The molecule has 2 aromatic carbocycles. The zero-order valence-electron chi connectivity index (χ0n) is 31.0. The first kappa shape index (κ1) is 39.1. The number of fused-ring (bicyclic) bond motifs is 2. The van der Waals surface area contributed by atoms with Gasteiger partial charge in [0.1, 0.15) is 0 Å². The molecule has 4 amide bonds. The second-order valence-electron chi connectivity index (χ2n) is 13.7. The highest BCUT2D eigenvalue weighted by Gasteiger charge is 2.48. The van der Waals surface area contributed by atoms with Crippen LogP contribution in [-0.4, -0.2) is 96.4 Å². The Kier molecular flexibility index (Phi) is 13.4. The lowest BCUT2D eigenvalue weighted by Gasteiger charge is -2.39. The third-order valence-electron chi connectivity index (χ3n) is 9.69. The number of likely N-dealkylation sites (N-methyl/N-ethyl adjacent to an activating group) is 1. The molecule has 282 valence electrons. The summed E-state index contributed by atoms with van der Waals surface area (Å²) in [4.78, 5) is 63.2. The van der Waals surface area contributed by atoms with Crippen LogP contribution in [0.25, 0.3) is 10.9 Å². The van der Waals surface area contributed by atoms with Crippen LogP contribution in [0.4, 0.5) is 0 Å². The Bertz CT molecular complexity index is 1900. The maximum atomic E-state index is 13.7. The minimum absolute atomic E-state index is 0.0567. The van der Waals surface area contributed by atoms with Crippen LogP contribution in [0.3, 0.4) is 0 Å². The second-order valence-corrected chi connectivity index (χ2v) is 14.2. The highest BCUT2D eigenvalue weighted by atomic mass is 35.5. The fourth-order valence-corrected chi connectivity index (χ4v) is 7.23. The summed E-state index contributed by atoms with van der Waals surface area (Å²) in [5, 5.41) is 6.74. The Balaban J connectivity index is 0.000000526. The van der Waals surface area contributed by atoms with Gasteiger partial charge in [0.2, 0.25) is 17.7 Å². The molecule has 6 rings (SSSR count). The maximum absolute atomic E-state index is 13.7. The van der Waals surface area contributed by atoms with E-state index in [-0.39, 0.29) is 61.1 Å². The number of halogens is 1. The number of H-pyrrole nitrogens is 1. The summed E-state index contributed by atoms with van der Waals surface area (Å²) >= 11 is 6.12. The summed E-state index contributed by atoms with van der Waals surface area (Å²) in [6.45, 7) is 7.22. The van der Waals surface area contributed by atoms with E-state index < -0.39 is 5.92 Å². The predicted octanol–water partition coefficient (Wildman–Crippen LogP) is 4.90. The smallest absolute Gasteiger partial charge is 0.254 e. The molecule has 0 bridgehead atoms. The molecule has 3 unspecified atom stereocenters. The van der Waals surface area contributed by atoms with Gasteiger partial charge in [-0.25, -0.2) is 0 Å². The number of piperidine rings is 1. The first-order valence-electron chi connectivity index (χ1n) is 18.1. The fraction of sp³-hybridized carbons (Fsp3) is 0.425. The van der Waals surface area contributed by atoms with E-state index in [0.717, 1.165) is 16.5 Å². The first-order valence-corrected chi connectivity index (χ1v) is 18.4. The fourth-order valence-electron chi connectivity index (χ4n) is 7.06. The van der Waals surface area contributed by atoms with Gasteiger partial charge in [0.15, 0.2) is 11.5 Å². The number of aromatic amines is 1. The largest absolute Gasteiger partial charge is 0.493 e. The minimum atomic E-state index is -0.585. The molecule has 0 radical (unpaired) electrons. The van der Waals surface area contributed by atoms with Gasteiger partial charge in [-0.15, -0.1) is 0 Å². The van der Waals surface area contributed by atoms with Gasteiger partial charge in [-0.1, -0.05) is 31.0 Å². The monoisotopic (exact) mass is 744 g/mol. The summed E-state index contributed by atoms with van der Waals surface area (Å²) in [6.07, 6.45) is 7.96. The molecule has 0 saturated carbocycles. The Labute approximate surface area is 315 Å². The van der Waals surface area contributed by atoms with Crippen LogP contribution in [0.15, 0.2) is 67.1 Å². The van der Waals surface area contributed by atoms with Gasteiger partial charge in [-0.3, -0.25) is 24.2 Å². The maximum Gasteiger partial charge on any atom is 0.254 e. The van der Waals surface area contributed by atoms with Crippen LogP contribution < -0.4 is 20.1 Å². The molecule has 2 aromatic heterocycles. The first-order chi connectivity index (χ1) is 25.5. The van der Waals surface area contributed by atoms with E-state index in [0.29, 0.717) is 41.7 Å². The number of carbonyl (C=O) groups excluding carboxylic acids is 4. The average molecular weight is 745 g/mol. The van der Waals surface area contributed by atoms with E-state index in [9.17, 15) is 19.2 Å². The molecule has 13 heteroatoms. The summed E-state index contributed by atoms with van der Waals surface area (Å²) in [6, 6.07) is 14.7. The Morgan fingerprint density at radius 3 is 2.43 bits per heavy atom. The number of nitrogens with zero attached hydrogens (tertiary/aromatic N) is 3. The normalized spacial score (nSPS) is 17.8. The Morgan fingerprint density at radius 1 is 0.981 bits per heavy atom. The highest BCUT2D eigenvalue weighted by Crippen LogP contribution is 2.37. The number of aromatic nitrogens is 2.